The van der Waals surface area contributed by atoms with Crippen LogP contribution in [-0.4, -0.2) is 21.2 Å². The first kappa shape index (κ1) is 22.0. The molecule has 0 aliphatic heterocycles. The summed E-state index contributed by atoms with van der Waals surface area (Å²) in [5, 5.41) is 1.82. The fraction of sp³-hybridized carbons (Fsp3) is 0.458. The topological polar surface area (TPSA) is 35.5 Å². The van der Waals surface area contributed by atoms with Crippen LogP contribution in [-0.2, 0) is 4.79 Å². The number of carbonyl (C=O) groups excluding carboxylic acids is 1. The fourth-order valence-electron chi connectivity index (χ4n) is 4.43. The molecule has 3 nitrogen and oxygen atoms in total. The molecule has 0 unspecified atom stereocenters. The molecule has 0 aromatic heterocycles. The van der Waals surface area contributed by atoms with Crippen molar-refractivity contribution in [1.29, 1.82) is 0 Å². The third-order valence-electron chi connectivity index (χ3n) is 5.68. The van der Waals surface area contributed by atoms with E-state index in [1.807, 2.05) is 24.3 Å². The first-order chi connectivity index (χ1) is 13.1. The summed E-state index contributed by atoms with van der Waals surface area (Å²) in [7, 11) is -0.251. The number of fused-ring (bicyclic) bond motifs is 1. The van der Waals surface area contributed by atoms with Gasteiger partial charge in [-0.2, -0.15) is 0 Å². The molecule has 4 heteroatoms. The van der Waals surface area contributed by atoms with E-state index in [-0.39, 0.29) is 5.97 Å². The van der Waals surface area contributed by atoms with E-state index >= 15 is 0 Å². The van der Waals surface area contributed by atoms with E-state index in [1.54, 1.807) is 13.2 Å². The zero-order chi connectivity index (χ0) is 21.1. The molecule has 0 spiro atoms. The van der Waals surface area contributed by atoms with E-state index in [4.69, 9.17) is 9.47 Å². The van der Waals surface area contributed by atoms with Crippen molar-refractivity contribution in [2.75, 3.05) is 7.11 Å². The molecular weight excluding hydrogens is 364 g/mol. The summed E-state index contributed by atoms with van der Waals surface area (Å²) in [5.74, 6) is 4.30. The molecule has 0 saturated carbocycles. The van der Waals surface area contributed by atoms with Gasteiger partial charge in [0.2, 0.25) is 0 Å². The Hall–Kier alpha value is -2.25. The molecule has 0 aliphatic rings. The van der Waals surface area contributed by atoms with Crippen LogP contribution < -0.4 is 9.47 Å². The van der Waals surface area contributed by atoms with Crippen LogP contribution in [0.15, 0.2) is 30.3 Å². The summed E-state index contributed by atoms with van der Waals surface area (Å²) < 4.78 is 10.9. The number of rotatable bonds is 5. The summed E-state index contributed by atoms with van der Waals surface area (Å²) in [6.07, 6.45) is 0. The van der Waals surface area contributed by atoms with E-state index in [0.29, 0.717) is 28.1 Å². The van der Waals surface area contributed by atoms with Crippen molar-refractivity contribution in [1.82, 2.24) is 0 Å². The minimum absolute atomic E-state index is 0.354. The van der Waals surface area contributed by atoms with Crippen LogP contribution in [0.3, 0.4) is 0 Å². The van der Waals surface area contributed by atoms with E-state index in [9.17, 15) is 4.79 Å². The lowest BCUT2D eigenvalue weighted by atomic mass is 10.0. The summed E-state index contributed by atoms with van der Waals surface area (Å²) in [4.78, 5) is 11.7. The van der Waals surface area contributed by atoms with E-state index in [2.05, 4.69) is 53.0 Å². The highest BCUT2D eigenvalue weighted by Crippen LogP contribution is 2.41. The zero-order valence-corrected chi connectivity index (χ0v) is 19.3. The molecule has 0 amide bonds. The normalized spacial score (nSPS) is 11.7. The Kier molecular flexibility index (Phi) is 6.95. The molecule has 2 rings (SSSR count). The van der Waals surface area contributed by atoms with E-state index < -0.39 is 8.07 Å². The number of hydrogen-bond donors (Lipinski definition) is 0. The first-order valence-electron chi connectivity index (χ1n) is 9.95. The zero-order valence-electron chi connectivity index (χ0n) is 18.3. The lowest BCUT2D eigenvalue weighted by Crippen LogP contribution is -2.43. The first-order valence-corrected chi connectivity index (χ1v) is 12.2. The molecular formula is C24H32O3Si. The van der Waals surface area contributed by atoms with E-state index in [1.165, 1.54) is 6.92 Å². The molecule has 0 heterocycles. The smallest absolute Gasteiger partial charge is 0.308 e. The van der Waals surface area contributed by atoms with Crippen LogP contribution in [0, 0.1) is 11.5 Å². The van der Waals surface area contributed by atoms with Crippen LogP contribution in [0.2, 0.25) is 16.6 Å². The van der Waals surface area contributed by atoms with Gasteiger partial charge in [-0.3, -0.25) is 4.79 Å². The van der Waals surface area contributed by atoms with Crippen LogP contribution in [0.1, 0.15) is 54.0 Å². The molecule has 2 aromatic carbocycles. The highest BCUT2D eigenvalue weighted by molar-refractivity contribution is 6.90. The minimum Gasteiger partial charge on any atom is -0.497 e. The summed E-state index contributed by atoms with van der Waals surface area (Å²) >= 11 is 0. The number of esters is 1. The van der Waals surface area contributed by atoms with Crippen molar-refractivity contribution in [2.45, 2.75) is 65.1 Å². The van der Waals surface area contributed by atoms with Crippen LogP contribution >= 0.6 is 0 Å². The van der Waals surface area contributed by atoms with Crippen LogP contribution in [0.5, 0.6) is 11.5 Å². The third-order valence-corrected chi connectivity index (χ3v) is 12.0. The molecule has 150 valence electrons. The molecule has 0 radical (unpaired) electrons. The van der Waals surface area contributed by atoms with Gasteiger partial charge < -0.3 is 9.47 Å². The van der Waals surface area contributed by atoms with Gasteiger partial charge in [-0.05, 0) is 34.1 Å². The Bertz CT molecular complexity index is 895. The Balaban J connectivity index is 2.75. The van der Waals surface area contributed by atoms with Gasteiger partial charge in [0.25, 0.3) is 0 Å². The molecule has 0 aliphatic carbocycles. The van der Waals surface area contributed by atoms with Gasteiger partial charge in [-0.25, -0.2) is 0 Å². The quantitative estimate of drug-likeness (QED) is 0.256. The van der Waals surface area contributed by atoms with Gasteiger partial charge in [0.05, 0.1) is 7.11 Å². The predicted octanol–water partition coefficient (Wildman–Crippen LogP) is 6.34. The molecule has 2 aromatic rings. The lowest BCUT2D eigenvalue weighted by molar-refractivity contribution is -0.131. The molecule has 0 fully saturated rings. The Morgan fingerprint density at radius 1 is 1.00 bits per heavy atom. The molecule has 0 bridgehead atoms. The number of hydrogen-bond acceptors (Lipinski definition) is 3. The van der Waals surface area contributed by atoms with Crippen molar-refractivity contribution < 1.29 is 14.3 Å². The average molecular weight is 397 g/mol. The molecule has 0 saturated heterocycles. The fourth-order valence-corrected chi connectivity index (χ4v) is 9.64. The van der Waals surface area contributed by atoms with Gasteiger partial charge in [0, 0.05) is 23.9 Å². The summed E-state index contributed by atoms with van der Waals surface area (Å²) in [6, 6.07) is 9.70. The SMILES string of the molecule is COc1cc(OC(C)=O)c2c(C#C[Si](C(C)C)(C(C)C)C(C)C)cccc2c1. The van der Waals surface area contributed by atoms with Crippen LogP contribution in [0.25, 0.3) is 10.8 Å². The second-order valence-corrected chi connectivity index (χ2v) is 13.9. The second kappa shape index (κ2) is 8.83. The molecule has 0 atom stereocenters. The summed E-state index contributed by atoms with van der Waals surface area (Å²) in [6.45, 7) is 15.2. The van der Waals surface area contributed by atoms with Gasteiger partial charge >= 0.3 is 5.97 Å². The predicted molar refractivity (Wildman–Crippen MR) is 120 cm³/mol. The summed E-state index contributed by atoms with van der Waals surface area (Å²) in [5.41, 5.74) is 6.34. The second-order valence-electron chi connectivity index (χ2n) is 8.27. The standard InChI is InChI=1S/C24H32O3Si/c1-16(2)28(17(3)4,18(5)6)13-12-20-10-9-11-21-14-22(26-8)15-23(24(20)21)27-19(7)25/h9-11,14-18H,1-8H3. The Labute approximate surface area is 170 Å². The largest absolute Gasteiger partial charge is 0.497 e. The highest BCUT2D eigenvalue weighted by atomic mass is 28.3. The number of ether oxygens (including phenoxy) is 2. The monoisotopic (exact) mass is 396 g/mol. The lowest BCUT2D eigenvalue weighted by Gasteiger charge is -2.38. The van der Waals surface area contributed by atoms with Gasteiger partial charge in [-0.15, -0.1) is 5.54 Å². The van der Waals surface area contributed by atoms with Gasteiger partial charge in [0.1, 0.15) is 19.6 Å². The molecule has 28 heavy (non-hydrogen) atoms. The van der Waals surface area contributed by atoms with Crippen molar-refractivity contribution >= 4 is 24.8 Å². The van der Waals surface area contributed by atoms with Gasteiger partial charge in [-0.1, -0.05) is 59.6 Å². The van der Waals surface area contributed by atoms with Gasteiger partial charge in [0.15, 0.2) is 0 Å². The maximum absolute atomic E-state index is 11.7. The number of carbonyl (C=O) groups is 1. The Morgan fingerprint density at radius 3 is 2.11 bits per heavy atom. The molecule has 0 N–H and O–H groups in total. The maximum Gasteiger partial charge on any atom is 0.308 e. The van der Waals surface area contributed by atoms with Crippen molar-refractivity contribution in [3.63, 3.8) is 0 Å². The number of methoxy groups -OCH3 is 1. The third kappa shape index (κ3) is 4.25. The van der Waals surface area contributed by atoms with E-state index in [0.717, 1.165) is 16.3 Å². The van der Waals surface area contributed by atoms with Crippen molar-refractivity contribution in [3.8, 4) is 23.0 Å². The van der Waals surface area contributed by atoms with Crippen molar-refractivity contribution in [2.24, 2.45) is 0 Å². The average Bonchev–Trinajstić information content (AvgIpc) is 2.60. The Morgan fingerprint density at radius 2 is 1.61 bits per heavy atom. The van der Waals surface area contributed by atoms with Crippen LogP contribution in [0.4, 0.5) is 0 Å². The van der Waals surface area contributed by atoms with Crippen molar-refractivity contribution in [3.05, 3.63) is 35.9 Å². The minimum atomic E-state index is -1.86. The number of benzene rings is 2. The maximum atomic E-state index is 11.7. The highest BCUT2D eigenvalue weighted by Gasteiger charge is 2.41.